The fraction of sp³-hybridized carbons (Fsp3) is 0. The molecule has 0 amide bonds. The fourth-order valence-corrected chi connectivity index (χ4v) is 2.44. The van der Waals surface area contributed by atoms with Crippen molar-refractivity contribution in [3.05, 3.63) is 50.6 Å². The van der Waals surface area contributed by atoms with E-state index < -0.39 is 5.97 Å². The second-order valence-corrected chi connectivity index (χ2v) is 5.82. The van der Waals surface area contributed by atoms with Crippen molar-refractivity contribution in [1.82, 2.24) is 9.97 Å². The first kappa shape index (κ1) is 13.4. The third-order valence-electron chi connectivity index (χ3n) is 2.92. The van der Waals surface area contributed by atoms with Crippen molar-refractivity contribution < 1.29 is 9.90 Å². The number of carboxylic acids is 1. The number of hydrogen-bond donors (Lipinski definition) is 2. The van der Waals surface area contributed by atoms with Gasteiger partial charge in [-0.2, -0.15) is 0 Å². The smallest absolute Gasteiger partial charge is 0.335 e. The molecule has 3 rings (SSSR count). The predicted molar refractivity (Wildman–Crippen MR) is 86.2 cm³/mol. The van der Waals surface area contributed by atoms with Crippen LogP contribution in [0, 0.1) is 3.57 Å². The fourth-order valence-electron chi connectivity index (χ4n) is 1.92. The molecule has 1 heterocycles. The van der Waals surface area contributed by atoms with Gasteiger partial charge in [0.25, 0.3) is 0 Å². The molecule has 0 bridgehead atoms. The highest BCUT2D eigenvalue weighted by molar-refractivity contribution is 14.1. The van der Waals surface area contributed by atoms with Crippen molar-refractivity contribution in [1.29, 1.82) is 0 Å². The lowest BCUT2D eigenvalue weighted by Crippen LogP contribution is -1.94. The number of H-pyrrole nitrogens is 1. The first-order valence-electron chi connectivity index (χ1n) is 5.73. The Morgan fingerprint density at radius 2 is 2.05 bits per heavy atom. The Labute approximate surface area is 132 Å². The van der Waals surface area contributed by atoms with E-state index in [-0.39, 0.29) is 5.56 Å². The van der Waals surface area contributed by atoms with E-state index in [9.17, 15) is 4.79 Å². The van der Waals surface area contributed by atoms with Crippen LogP contribution in [-0.4, -0.2) is 21.0 Å². The summed E-state index contributed by atoms with van der Waals surface area (Å²) in [5.74, 6) is -0.291. The van der Waals surface area contributed by atoms with Gasteiger partial charge in [0.05, 0.1) is 21.6 Å². The van der Waals surface area contributed by atoms with Gasteiger partial charge in [-0.1, -0.05) is 17.7 Å². The van der Waals surface area contributed by atoms with E-state index in [1.54, 1.807) is 12.1 Å². The molecule has 3 aromatic rings. The second kappa shape index (κ2) is 5.06. The molecule has 100 valence electrons. The highest BCUT2D eigenvalue weighted by atomic mass is 127. The average Bonchev–Trinajstić information content (AvgIpc) is 2.84. The van der Waals surface area contributed by atoms with Crippen LogP contribution in [0.2, 0.25) is 5.02 Å². The topological polar surface area (TPSA) is 66.0 Å². The van der Waals surface area contributed by atoms with E-state index in [0.717, 1.165) is 14.7 Å². The zero-order chi connectivity index (χ0) is 14.3. The minimum atomic E-state index is -0.958. The molecular weight excluding hydrogens is 391 g/mol. The van der Waals surface area contributed by atoms with Crippen LogP contribution < -0.4 is 0 Å². The summed E-state index contributed by atoms with van der Waals surface area (Å²) < 4.78 is 0.970. The van der Waals surface area contributed by atoms with Crippen LogP contribution in [0.4, 0.5) is 0 Å². The number of nitrogens with zero attached hydrogens (tertiary/aromatic N) is 1. The summed E-state index contributed by atoms with van der Waals surface area (Å²) in [4.78, 5) is 18.5. The van der Waals surface area contributed by atoms with Crippen molar-refractivity contribution in [2.24, 2.45) is 0 Å². The van der Waals surface area contributed by atoms with Crippen LogP contribution in [0.5, 0.6) is 0 Å². The molecule has 4 nitrogen and oxygen atoms in total. The largest absolute Gasteiger partial charge is 0.478 e. The monoisotopic (exact) mass is 398 g/mol. The number of aromatic carboxylic acids is 1. The summed E-state index contributed by atoms with van der Waals surface area (Å²) in [5.41, 5.74) is 2.51. The number of fused-ring (bicyclic) bond motifs is 1. The number of carboxylic acid groups (broad SMARTS) is 1. The van der Waals surface area contributed by atoms with Crippen molar-refractivity contribution >= 4 is 51.2 Å². The van der Waals surface area contributed by atoms with Crippen LogP contribution in [0.15, 0.2) is 36.4 Å². The van der Waals surface area contributed by atoms with Gasteiger partial charge in [-0.15, -0.1) is 0 Å². The van der Waals surface area contributed by atoms with E-state index in [1.807, 2.05) is 18.2 Å². The third kappa shape index (κ3) is 2.38. The Kier molecular flexibility index (Phi) is 3.39. The maximum atomic E-state index is 11.0. The zero-order valence-electron chi connectivity index (χ0n) is 10.0. The van der Waals surface area contributed by atoms with E-state index in [1.165, 1.54) is 6.07 Å². The van der Waals surface area contributed by atoms with Gasteiger partial charge in [-0.3, -0.25) is 0 Å². The van der Waals surface area contributed by atoms with E-state index in [2.05, 4.69) is 32.6 Å². The molecule has 2 aromatic carbocycles. The molecule has 0 unspecified atom stereocenters. The Morgan fingerprint density at radius 1 is 1.25 bits per heavy atom. The van der Waals surface area contributed by atoms with E-state index in [4.69, 9.17) is 16.7 Å². The van der Waals surface area contributed by atoms with Gasteiger partial charge in [-0.05, 0) is 52.9 Å². The average molecular weight is 399 g/mol. The molecule has 2 N–H and O–H groups in total. The molecule has 0 aliphatic rings. The predicted octanol–water partition coefficient (Wildman–Crippen LogP) is 4.19. The molecule has 0 fully saturated rings. The quantitative estimate of drug-likeness (QED) is 0.636. The molecule has 0 saturated carbocycles. The Bertz CT molecular complexity index is 829. The summed E-state index contributed by atoms with van der Waals surface area (Å²) in [7, 11) is 0. The SMILES string of the molecule is O=C(O)c1ccc2nc(-c3ccc(I)c(Cl)c3)[nH]c2c1. The van der Waals surface area contributed by atoms with E-state index in [0.29, 0.717) is 16.4 Å². The van der Waals surface area contributed by atoms with Crippen molar-refractivity contribution in [3.63, 3.8) is 0 Å². The maximum Gasteiger partial charge on any atom is 0.335 e. The standard InChI is InChI=1S/C14H8ClIN2O2/c15-9-5-7(1-3-10(9)16)13-17-11-4-2-8(14(19)20)6-12(11)18-13/h1-6H,(H,17,18)(H,19,20). The van der Waals surface area contributed by atoms with Gasteiger partial charge in [0, 0.05) is 9.13 Å². The first-order valence-corrected chi connectivity index (χ1v) is 7.19. The Balaban J connectivity index is 2.12. The number of imidazole rings is 1. The number of nitrogens with one attached hydrogen (secondary N) is 1. The molecule has 1 aromatic heterocycles. The molecule has 0 aliphatic carbocycles. The molecule has 0 aliphatic heterocycles. The van der Waals surface area contributed by atoms with Crippen LogP contribution in [0.3, 0.4) is 0 Å². The van der Waals surface area contributed by atoms with E-state index >= 15 is 0 Å². The third-order valence-corrected chi connectivity index (χ3v) is 4.49. The molecule has 20 heavy (non-hydrogen) atoms. The minimum Gasteiger partial charge on any atom is -0.478 e. The van der Waals surface area contributed by atoms with Gasteiger partial charge in [0.2, 0.25) is 0 Å². The molecule has 6 heteroatoms. The number of hydrogen-bond acceptors (Lipinski definition) is 2. The van der Waals surface area contributed by atoms with Crippen LogP contribution in [-0.2, 0) is 0 Å². The number of halogens is 2. The number of rotatable bonds is 2. The van der Waals surface area contributed by atoms with Gasteiger partial charge in [0.1, 0.15) is 5.82 Å². The van der Waals surface area contributed by atoms with Crippen molar-refractivity contribution in [2.75, 3.05) is 0 Å². The van der Waals surface area contributed by atoms with Crippen LogP contribution in [0.25, 0.3) is 22.4 Å². The van der Waals surface area contributed by atoms with Gasteiger partial charge in [-0.25, -0.2) is 9.78 Å². The number of aromatic amines is 1. The van der Waals surface area contributed by atoms with Gasteiger partial charge >= 0.3 is 5.97 Å². The normalized spacial score (nSPS) is 10.9. The van der Waals surface area contributed by atoms with Gasteiger partial charge < -0.3 is 10.1 Å². The summed E-state index contributed by atoms with van der Waals surface area (Å²) in [6.45, 7) is 0. The van der Waals surface area contributed by atoms with Gasteiger partial charge in [0.15, 0.2) is 0 Å². The zero-order valence-corrected chi connectivity index (χ0v) is 12.9. The highest BCUT2D eigenvalue weighted by Crippen LogP contribution is 2.26. The lowest BCUT2D eigenvalue weighted by Gasteiger charge is -1.99. The molecule has 0 saturated heterocycles. The summed E-state index contributed by atoms with van der Waals surface area (Å²) >= 11 is 8.26. The lowest BCUT2D eigenvalue weighted by atomic mass is 10.2. The summed E-state index contributed by atoms with van der Waals surface area (Å²) in [5, 5.41) is 9.64. The number of benzene rings is 2. The molecular formula is C14H8ClIN2O2. The maximum absolute atomic E-state index is 11.0. The Morgan fingerprint density at radius 3 is 2.75 bits per heavy atom. The van der Waals surface area contributed by atoms with Crippen molar-refractivity contribution in [2.45, 2.75) is 0 Å². The molecule has 0 radical (unpaired) electrons. The number of carbonyl (C=O) groups is 1. The second-order valence-electron chi connectivity index (χ2n) is 4.25. The summed E-state index contributed by atoms with van der Waals surface area (Å²) in [6, 6.07) is 10.5. The summed E-state index contributed by atoms with van der Waals surface area (Å²) in [6.07, 6.45) is 0. The lowest BCUT2D eigenvalue weighted by molar-refractivity contribution is 0.0697. The van der Waals surface area contributed by atoms with Crippen molar-refractivity contribution in [3.8, 4) is 11.4 Å². The highest BCUT2D eigenvalue weighted by Gasteiger charge is 2.09. The number of aromatic nitrogens is 2. The van der Waals surface area contributed by atoms with Crippen LogP contribution >= 0.6 is 34.2 Å². The minimum absolute atomic E-state index is 0.230. The van der Waals surface area contributed by atoms with Crippen LogP contribution in [0.1, 0.15) is 10.4 Å². The molecule has 0 atom stereocenters. The first-order chi connectivity index (χ1) is 9.54. The Hall–Kier alpha value is -1.60. The molecule has 0 spiro atoms.